The van der Waals surface area contributed by atoms with Crippen molar-refractivity contribution in [3.8, 4) is 0 Å². The van der Waals surface area contributed by atoms with Crippen molar-refractivity contribution in [2.24, 2.45) is 0 Å². The van der Waals surface area contributed by atoms with Crippen LogP contribution in [0.15, 0.2) is 35.5 Å². The molecule has 23 heavy (non-hydrogen) atoms. The fourth-order valence-corrected chi connectivity index (χ4v) is 2.73. The van der Waals surface area contributed by atoms with Crippen LogP contribution in [-0.4, -0.2) is 0 Å². The van der Waals surface area contributed by atoms with Gasteiger partial charge >= 0.3 is 17.1 Å². The molecule has 0 aromatic carbocycles. The van der Waals surface area contributed by atoms with Gasteiger partial charge in [-0.05, 0) is 0 Å². The van der Waals surface area contributed by atoms with Crippen molar-refractivity contribution < 1.29 is 17.1 Å². The SMILES string of the molecule is CCCCCCC1=[C-]CC=C1.CCCCCCC1=[C-]CC=C1.[Mn+2]. The van der Waals surface area contributed by atoms with E-state index < -0.39 is 0 Å². The van der Waals surface area contributed by atoms with Crippen molar-refractivity contribution in [1.82, 2.24) is 0 Å². The van der Waals surface area contributed by atoms with Crippen LogP contribution in [0.1, 0.15) is 90.9 Å². The second-order valence-corrected chi connectivity index (χ2v) is 6.24. The molecule has 2 rings (SSSR count). The first-order chi connectivity index (χ1) is 10.9. The third-order valence-corrected chi connectivity index (χ3v) is 4.13. The molecule has 0 bridgehead atoms. The van der Waals surface area contributed by atoms with Crippen LogP contribution in [0.2, 0.25) is 0 Å². The molecule has 0 amide bonds. The standard InChI is InChI=1S/2C11H17.Mn/c2*1-2-3-4-5-8-11-9-6-7-10-11;/h2*6,9H,2-5,7-8H2,1H3;/q2*-1;+2. The maximum Gasteiger partial charge on any atom is 2.00 e. The second-order valence-electron chi connectivity index (χ2n) is 6.24. The average molecular weight is 353 g/mol. The van der Waals surface area contributed by atoms with Crippen LogP contribution in [0.5, 0.6) is 0 Å². The summed E-state index contributed by atoms with van der Waals surface area (Å²) in [4.78, 5) is 0. The largest absolute Gasteiger partial charge is 2.00 e. The van der Waals surface area contributed by atoms with E-state index in [2.05, 4.69) is 50.3 Å². The second kappa shape index (κ2) is 16.3. The van der Waals surface area contributed by atoms with E-state index in [1.807, 2.05) is 0 Å². The van der Waals surface area contributed by atoms with Gasteiger partial charge in [-0.1, -0.05) is 78.1 Å². The molecule has 0 aromatic heterocycles. The number of unbranched alkanes of at least 4 members (excludes halogenated alkanes) is 6. The molecule has 2 aliphatic carbocycles. The van der Waals surface area contributed by atoms with E-state index in [1.165, 1.54) is 75.4 Å². The molecule has 1 radical (unpaired) electrons. The van der Waals surface area contributed by atoms with Crippen LogP contribution in [0.3, 0.4) is 0 Å². The zero-order valence-corrected chi connectivity index (χ0v) is 16.4. The number of hydrogen-bond acceptors (Lipinski definition) is 0. The van der Waals surface area contributed by atoms with Crippen LogP contribution in [-0.2, 0) is 17.1 Å². The minimum Gasteiger partial charge on any atom is -0.269 e. The van der Waals surface area contributed by atoms with Crippen molar-refractivity contribution >= 4 is 0 Å². The van der Waals surface area contributed by atoms with Crippen molar-refractivity contribution in [3.05, 3.63) is 47.6 Å². The van der Waals surface area contributed by atoms with E-state index in [4.69, 9.17) is 0 Å². The van der Waals surface area contributed by atoms with E-state index in [-0.39, 0.29) is 17.1 Å². The Kier molecular flexibility index (Phi) is 16.0. The normalized spacial score (nSPS) is 14.9. The van der Waals surface area contributed by atoms with Gasteiger partial charge in [0.05, 0.1) is 0 Å². The van der Waals surface area contributed by atoms with Gasteiger partial charge in [-0.15, -0.1) is 12.8 Å². The Balaban J connectivity index is 0.000000403. The number of hydrogen-bond donors (Lipinski definition) is 0. The Bertz CT molecular complexity index is 347. The van der Waals surface area contributed by atoms with E-state index in [1.54, 1.807) is 0 Å². The van der Waals surface area contributed by atoms with Crippen molar-refractivity contribution in [3.63, 3.8) is 0 Å². The molecular formula is C22H34Mn. The Hall–Kier alpha value is -0.521. The molecule has 0 spiro atoms. The molecule has 0 saturated carbocycles. The Morgan fingerprint density at radius 3 is 1.43 bits per heavy atom. The molecular weight excluding hydrogens is 319 g/mol. The monoisotopic (exact) mass is 353 g/mol. The predicted molar refractivity (Wildman–Crippen MR) is 98.5 cm³/mol. The van der Waals surface area contributed by atoms with Gasteiger partial charge in [-0.25, -0.2) is 23.3 Å². The fraction of sp³-hybridized carbons (Fsp3) is 0.636. The Labute approximate surface area is 155 Å². The first-order valence-electron chi connectivity index (χ1n) is 9.39. The summed E-state index contributed by atoms with van der Waals surface area (Å²) in [5.41, 5.74) is 2.86. The van der Waals surface area contributed by atoms with Crippen molar-refractivity contribution in [2.75, 3.05) is 0 Å². The molecule has 0 atom stereocenters. The molecule has 0 N–H and O–H groups in total. The van der Waals surface area contributed by atoms with Gasteiger partial charge < -0.3 is 0 Å². The van der Waals surface area contributed by atoms with Crippen LogP contribution in [0.25, 0.3) is 0 Å². The van der Waals surface area contributed by atoms with E-state index in [0.717, 1.165) is 12.8 Å². The van der Waals surface area contributed by atoms with Gasteiger partial charge in [0.15, 0.2) is 0 Å². The van der Waals surface area contributed by atoms with Gasteiger partial charge in [-0.2, -0.15) is 12.2 Å². The number of rotatable bonds is 10. The molecule has 0 aliphatic heterocycles. The summed E-state index contributed by atoms with van der Waals surface area (Å²) in [6.45, 7) is 4.50. The Morgan fingerprint density at radius 2 is 1.13 bits per heavy atom. The molecule has 129 valence electrons. The maximum absolute atomic E-state index is 3.34. The zero-order valence-electron chi connectivity index (χ0n) is 15.2. The first kappa shape index (κ1) is 22.5. The summed E-state index contributed by atoms with van der Waals surface area (Å²) in [5.74, 6) is 0. The Morgan fingerprint density at radius 1 is 0.696 bits per heavy atom. The summed E-state index contributed by atoms with van der Waals surface area (Å²) >= 11 is 0. The molecule has 0 nitrogen and oxygen atoms in total. The third-order valence-electron chi connectivity index (χ3n) is 4.13. The predicted octanol–water partition coefficient (Wildman–Crippen LogP) is 7.29. The molecule has 0 fully saturated rings. The topological polar surface area (TPSA) is 0 Å². The minimum absolute atomic E-state index is 0. The van der Waals surface area contributed by atoms with Gasteiger partial charge in [-0.3, -0.25) is 12.2 Å². The van der Waals surface area contributed by atoms with Gasteiger partial charge in [0.25, 0.3) is 0 Å². The summed E-state index contributed by atoms with van der Waals surface area (Å²) < 4.78 is 0. The van der Waals surface area contributed by atoms with Gasteiger partial charge in [0.1, 0.15) is 0 Å². The maximum atomic E-state index is 3.34. The van der Waals surface area contributed by atoms with E-state index in [9.17, 15) is 0 Å². The van der Waals surface area contributed by atoms with Crippen LogP contribution < -0.4 is 0 Å². The molecule has 0 heterocycles. The fourth-order valence-electron chi connectivity index (χ4n) is 2.73. The van der Waals surface area contributed by atoms with Crippen LogP contribution >= 0.6 is 0 Å². The molecule has 0 aromatic rings. The van der Waals surface area contributed by atoms with Crippen molar-refractivity contribution in [1.29, 1.82) is 0 Å². The quantitative estimate of drug-likeness (QED) is 0.220. The molecule has 1 heteroatoms. The summed E-state index contributed by atoms with van der Waals surface area (Å²) in [6, 6.07) is 0. The third kappa shape index (κ3) is 12.6. The summed E-state index contributed by atoms with van der Waals surface area (Å²) in [7, 11) is 0. The average Bonchev–Trinajstić information content (AvgIpc) is 3.22. The van der Waals surface area contributed by atoms with Crippen LogP contribution in [0.4, 0.5) is 0 Å². The smallest absolute Gasteiger partial charge is 0.269 e. The first-order valence-corrected chi connectivity index (χ1v) is 9.39. The van der Waals surface area contributed by atoms with Gasteiger partial charge in [0, 0.05) is 0 Å². The minimum atomic E-state index is 0. The molecule has 0 unspecified atom stereocenters. The zero-order chi connectivity index (χ0) is 15.9. The van der Waals surface area contributed by atoms with E-state index in [0.29, 0.717) is 0 Å². The number of allylic oxidation sites excluding steroid dienone is 8. The molecule has 0 saturated heterocycles. The van der Waals surface area contributed by atoms with Gasteiger partial charge in [0.2, 0.25) is 0 Å². The summed E-state index contributed by atoms with van der Waals surface area (Å²) in [6.07, 6.45) is 31.0. The van der Waals surface area contributed by atoms with Crippen molar-refractivity contribution in [2.45, 2.75) is 90.9 Å². The molecule has 2 aliphatic rings. The van der Waals surface area contributed by atoms with Crippen LogP contribution in [0, 0.1) is 12.2 Å². The summed E-state index contributed by atoms with van der Waals surface area (Å²) in [5, 5.41) is 0. The van der Waals surface area contributed by atoms with E-state index >= 15 is 0 Å².